The molecule has 2 aromatic heterocycles. The molecule has 2 aromatic rings. The molecule has 0 aliphatic heterocycles. The molecule has 0 aliphatic carbocycles. The first-order valence-electron chi connectivity index (χ1n) is 4.44. The minimum atomic E-state index is 0.698. The Morgan fingerprint density at radius 3 is 2.43 bits per heavy atom. The molecule has 0 radical (unpaired) electrons. The van der Waals surface area contributed by atoms with E-state index in [0.29, 0.717) is 5.69 Å². The van der Waals surface area contributed by atoms with Crippen LogP contribution in [0.1, 0.15) is 5.69 Å². The van der Waals surface area contributed by atoms with Gasteiger partial charge in [0.05, 0.1) is 0 Å². The fourth-order valence-corrected chi connectivity index (χ4v) is 1.39. The molecule has 3 nitrogen and oxygen atoms in total. The van der Waals surface area contributed by atoms with E-state index in [1.165, 1.54) is 6.20 Å². The van der Waals surface area contributed by atoms with Crippen molar-refractivity contribution >= 4 is 0 Å². The molecule has 3 heteroatoms. The normalized spacial score (nSPS) is 10.1. The van der Waals surface area contributed by atoms with E-state index in [2.05, 4.69) is 0 Å². The van der Waals surface area contributed by atoms with Crippen molar-refractivity contribution < 1.29 is 9.30 Å². The second kappa shape index (κ2) is 3.46. The zero-order valence-corrected chi connectivity index (χ0v) is 7.92. The van der Waals surface area contributed by atoms with Gasteiger partial charge in [0.2, 0.25) is 0 Å². The van der Waals surface area contributed by atoms with Gasteiger partial charge in [0, 0.05) is 31.2 Å². The summed E-state index contributed by atoms with van der Waals surface area (Å²) in [4.78, 5) is 0. The van der Waals surface area contributed by atoms with Crippen LogP contribution in [-0.4, -0.2) is 0 Å². The Morgan fingerprint density at radius 1 is 1.00 bits per heavy atom. The molecule has 0 bridgehead atoms. The number of hydrogen-bond acceptors (Lipinski definition) is 1. The predicted molar refractivity (Wildman–Crippen MR) is 51.7 cm³/mol. The van der Waals surface area contributed by atoms with Crippen LogP contribution in [0.2, 0.25) is 0 Å². The van der Waals surface area contributed by atoms with E-state index in [4.69, 9.17) is 0 Å². The molecule has 70 valence electrons. The van der Waals surface area contributed by atoms with Crippen LogP contribution in [0.5, 0.6) is 0 Å². The first-order chi connectivity index (χ1) is 6.79. The third-order valence-electron chi connectivity index (χ3n) is 2.17. The molecule has 0 saturated carbocycles. The number of nitrogens with zero attached hydrogens (tertiary/aromatic N) is 2. The molecule has 14 heavy (non-hydrogen) atoms. The van der Waals surface area contributed by atoms with E-state index in [-0.39, 0.29) is 0 Å². The van der Waals surface area contributed by atoms with Crippen molar-refractivity contribution in [2.75, 3.05) is 0 Å². The minimum absolute atomic E-state index is 0.698. The SMILES string of the molecule is Cc1c(-[n+]2ccccc2)ccc[n+]1[O-]. The molecule has 0 amide bonds. The summed E-state index contributed by atoms with van der Waals surface area (Å²) in [5.41, 5.74) is 1.60. The highest BCUT2D eigenvalue weighted by Gasteiger charge is 2.14. The standard InChI is InChI=1S/C11H11N2O/c1-10-11(6-5-9-13(10)14)12-7-3-2-4-8-12/h2-9H,1H3/q+1. The summed E-state index contributed by atoms with van der Waals surface area (Å²) in [7, 11) is 0. The van der Waals surface area contributed by atoms with Crippen molar-refractivity contribution in [3.63, 3.8) is 0 Å². The lowest BCUT2D eigenvalue weighted by molar-refractivity contribution is -0.641. The monoisotopic (exact) mass is 187 g/mol. The maximum atomic E-state index is 11.3. The molecule has 0 aliphatic rings. The van der Waals surface area contributed by atoms with Gasteiger partial charge >= 0.3 is 0 Å². The molecule has 0 unspecified atom stereocenters. The van der Waals surface area contributed by atoms with E-state index in [0.717, 1.165) is 10.4 Å². The average molecular weight is 187 g/mol. The Balaban J connectivity index is 2.58. The predicted octanol–water partition coefficient (Wildman–Crippen LogP) is 0.905. The van der Waals surface area contributed by atoms with Crippen LogP contribution >= 0.6 is 0 Å². The van der Waals surface area contributed by atoms with Crippen LogP contribution in [0.3, 0.4) is 0 Å². The van der Waals surface area contributed by atoms with Gasteiger partial charge in [0.25, 0.3) is 11.4 Å². The van der Waals surface area contributed by atoms with Crippen molar-refractivity contribution in [1.82, 2.24) is 0 Å². The van der Waals surface area contributed by atoms with Crippen molar-refractivity contribution in [2.45, 2.75) is 6.92 Å². The molecular formula is C11H11N2O+. The largest absolute Gasteiger partial charge is 0.618 e. The van der Waals surface area contributed by atoms with Crippen molar-refractivity contribution in [3.8, 4) is 5.69 Å². The highest BCUT2D eigenvalue weighted by Crippen LogP contribution is 2.00. The molecule has 0 saturated heterocycles. The summed E-state index contributed by atoms with van der Waals surface area (Å²) >= 11 is 0. The number of aromatic nitrogens is 2. The molecular weight excluding hydrogens is 176 g/mol. The topological polar surface area (TPSA) is 30.8 Å². The van der Waals surface area contributed by atoms with Crippen LogP contribution < -0.4 is 9.30 Å². The Kier molecular flexibility index (Phi) is 2.14. The highest BCUT2D eigenvalue weighted by atomic mass is 16.5. The Hall–Kier alpha value is -1.90. The Bertz CT molecular complexity index is 440. The van der Waals surface area contributed by atoms with Gasteiger partial charge in [0.1, 0.15) is 0 Å². The van der Waals surface area contributed by atoms with Gasteiger partial charge in [-0.2, -0.15) is 9.30 Å². The lowest BCUT2D eigenvalue weighted by atomic mass is 10.3. The van der Waals surface area contributed by atoms with Crippen molar-refractivity contribution in [3.05, 3.63) is 59.8 Å². The fourth-order valence-electron chi connectivity index (χ4n) is 1.39. The van der Waals surface area contributed by atoms with E-state index in [1.807, 2.05) is 48.1 Å². The Morgan fingerprint density at radius 2 is 1.71 bits per heavy atom. The first kappa shape index (κ1) is 8.69. The van der Waals surface area contributed by atoms with Gasteiger partial charge in [-0.05, 0) is 0 Å². The van der Waals surface area contributed by atoms with Crippen molar-refractivity contribution in [1.29, 1.82) is 0 Å². The number of pyridine rings is 2. The number of rotatable bonds is 1. The zero-order valence-electron chi connectivity index (χ0n) is 7.92. The summed E-state index contributed by atoms with van der Waals surface area (Å²) in [5, 5.41) is 11.3. The van der Waals surface area contributed by atoms with Crippen LogP contribution in [0.15, 0.2) is 48.9 Å². The number of hydrogen-bond donors (Lipinski definition) is 0. The summed E-state index contributed by atoms with van der Waals surface area (Å²) in [6.45, 7) is 1.81. The minimum Gasteiger partial charge on any atom is -0.618 e. The van der Waals surface area contributed by atoms with Gasteiger partial charge in [-0.25, -0.2) is 0 Å². The first-order valence-corrected chi connectivity index (χ1v) is 4.44. The second-order valence-corrected chi connectivity index (χ2v) is 3.09. The van der Waals surface area contributed by atoms with Crippen LogP contribution in [0, 0.1) is 12.1 Å². The van der Waals surface area contributed by atoms with E-state index >= 15 is 0 Å². The average Bonchev–Trinajstić information content (AvgIpc) is 2.23. The molecule has 0 aromatic carbocycles. The smallest absolute Gasteiger partial charge is 0.279 e. The van der Waals surface area contributed by atoms with E-state index in [9.17, 15) is 5.21 Å². The summed E-state index contributed by atoms with van der Waals surface area (Å²) < 4.78 is 2.79. The van der Waals surface area contributed by atoms with Gasteiger partial charge in [-0.15, -0.1) is 0 Å². The van der Waals surface area contributed by atoms with Crippen LogP contribution in [0.4, 0.5) is 0 Å². The Labute approximate surface area is 82.5 Å². The van der Waals surface area contributed by atoms with Crippen LogP contribution in [-0.2, 0) is 0 Å². The lowest BCUT2D eigenvalue weighted by Crippen LogP contribution is -2.38. The quantitative estimate of drug-likeness (QED) is 0.482. The van der Waals surface area contributed by atoms with Crippen molar-refractivity contribution in [2.24, 2.45) is 0 Å². The van der Waals surface area contributed by atoms with Gasteiger partial charge in [-0.3, -0.25) is 0 Å². The maximum Gasteiger partial charge on any atom is 0.279 e. The van der Waals surface area contributed by atoms with E-state index in [1.54, 1.807) is 6.07 Å². The third kappa shape index (κ3) is 1.44. The lowest BCUT2D eigenvalue weighted by Gasteiger charge is -2.00. The molecule has 0 atom stereocenters. The third-order valence-corrected chi connectivity index (χ3v) is 2.17. The highest BCUT2D eigenvalue weighted by molar-refractivity contribution is 5.22. The molecule has 0 spiro atoms. The van der Waals surface area contributed by atoms with Crippen LogP contribution in [0.25, 0.3) is 5.69 Å². The molecule has 0 fully saturated rings. The molecule has 0 N–H and O–H groups in total. The van der Waals surface area contributed by atoms with Gasteiger partial charge < -0.3 is 5.21 Å². The molecule has 2 rings (SSSR count). The molecule has 2 heterocycles. The van der Waals surface area contributed by atoms with E-state index < -0.39 is 0 Å². The zero-order chi connectivity index (χ0) is 9.97. The maximum absolute atomic E-state index is 11.3. The summed E-state index contributed by atoms with van der Waals surface area (Å²) in [5.74, 6) is 0. The summed E-state index contributed by atoms with van der Waals surface area (Å²) in [6, 6.07) is 9.47. The van der Waals surface area contributed by atoms with Gasteiger partial charge in [-0.1, -0.05) is 6.07 Å². The summed E-state index contributed by atoms with van der Waals surface area (Å²) in [6.07, 6.45) is 5.34. The second-order valence-electron chi connectivity index (χ2n) is 3.09. The van der Waals surface area contributed by atoms with Gasteiger partial charge in [0.15, 0.2) is 18.6 Å². The fraction of sp³-hybridized carbons (Fsp3) is 0.0909.